The Morgan fingerprint density at radius 3 is 2.06 bits per heavy atom. The summed E-state index contributed by atoms with van der Waals surface area (Å²) in [5, 5.41) is 35.0. The molecule has 0 fully saturated rings. The Hall–Kier alpha value is -3.52. The number of aromatic nitrogens is 2. The Bertz CT molecular complexity index is 841. The molecule has 1 heterocycles. The van der Waals surface area contributed by atoms with E-state index in [0.717, 1.165) is 0 Å². The largest absolute Gasteiger partial charge is 0.481 e. The summed E-state index contributed by atoms with van der Waals surface area (Å²) in [6.45, 7) is 4.57. The second-order valence-electron chi connectivity index (χ2n) is 7.82. The number of aliphatic carboxylic acids is 2. The molecule has 0 saturated carbocycles. The molecular weight excluding hydrogens is 440 g/mol. The van der Waals surface area contributed by atoms with Gasteiger partial charge < -0.3 is 42.0 Å². The van der Waals surface area contributed by atoms with Crippen LogP contribution in [0.15, 0.2) is 12.5 Å². The molecule has 14 nitrogen and oxygen atoms in total. The van der Waals surface area contributed by atoms with E-state index in [1.807, 2.05) is 0 Å². The molecule has 0 unspecified atom stereocenters. The van der Waals surface area contributed by atoms with Gasteiger partial charge in [0.05, 0.1) is 30.6 Å². The Balaban J connectivity index is 2.97. The highest BCUT2D eigenvalue weighted by molar-refractivity contribution is 5.95. The van der Waals surface area contributed by atoms with Crippen molar-refractivity contribution in [2.24, 2.45) is 11.7 Å². The van der Waals surface area contributed by atoms with Crippen molar-refractivity contribution < 1.29 is 39.3 Å². The average Bonchev–Trinajstić information content (AvgIpc) is 3.22. The highest BCUT2D eigenvalue weighted by Crippen LogP contribution is 2.04. The number of carboxylic acid groups (broad SMARTS) is 2. The summed E-state index contributed by atoms with van der Waals surface area (Å²) < 4.78 is 0. The highest BCUT2D eigenvalue weighted by atomic mass is 16.4. The van der Waals surface area contributed by atoms with Crippen LogP contribution in [0.3, 0.4) is 0 Å². The van der Waals surface area contributed by atoms with Crippen LogP contribution in [-0.4, -0.2) is 85.2 Å². The first-order valence-corrected chi connectivity index (χ1v) is 10.1. The number of aromatic amines is 1. The minimum Gasteiger partial charge on any atom is -0.481 e. The van der Waals surface area contributed by atoms with Gasteiger partial charge in [-0.1, -0.05) is 13.8 Å². The number of imidazole rings is 1. The molecule has 1 rings (SSSR count). The van der Waals surface area contributed by atoms with E-state index in [9.17, 15) is 34.2 Å². The topological polar surface area (TPSA) is 237 Å². The molecule has 0 bridgehead atoms. The molecule has 0 aliphatic carbocycles. The van der Waals surface area contributed by atoms with Gasteiger partial charge in [0, 0.05) is 12.6 Å². The minimum atomic E-state index is -1.69. The number of hydrogen-bond acceptors (Lipinski definition) is 8. The summed E-state index contributed by atoms with van der Waals surface area (Å²) in [6.07, 6.45) is 0.263. The molecule has 14 heteroatoms. The number of amides is 3. The molecule has 5 atom stereocenters. The molecule has 0 spiro atoms. The smallest absolute Gasteiger partial charge is 0.326 e. The van der Waals surface area contributed by atoms with Crippen LogP contribution in [0, 0.1) is 5.92 Å². The summed E-state index contributed by atoms with van der Waals surface area (Å²) in [5.41, 5.74) is 6.07. The molecule has 184 valence electrons. The van der Waals surface area contributed by atoms with E-state index in [1.54, 1.807) is 13.8 Å². The first-order valence-electron chi connectivity index (χ1n) is 10.1. The van der Waals surface area contributed by atoms with Crippen LogP contribution in [0.5, 0.6) is 0 Å². The lowest BCUT2D eigenvalue weighted by atomic mass is 10.0. The van der Waals surface area contributed by atoms with Gasteiger partial charge in [0.25, 0.3) is 0 Å². The SMILES string of the molecule is CC(C)[C@H](N)C(=O)N[C@H](C(=O)N[C@@H](CC(=O)O)C(=O)N[C@@H](Cc1c[nH]cn1)C(=O)O)[C@@H](C)O. The lowest BCUT2D eigenvalue weighted by Gasteiger charge is -2.26. The Labute approximate surface area is 189 Å². The van der Waals surface area contributed by atoms with Crippen LogP contribution >= 0.6 is 0 Å². The molecule has 3 amide bonds. The molecule has 1 aromatic heterocycles. The first-order chi connectivity index (χ1) is 15.3. The summed E-state index contributed by atoms with van der Waals surface area (Å²) in [6, 6.07) is -5.65. The number of aliphatic hydroxyl groups excluding tert-OH is 1. The van der Waals surface area contributed by atoms with Gasteiger partial charge >= 0.3 is 11.9 Å². The molecule has 9 N–H and O–H groups in total. The van der Waals surface area contributed by atoms with Crippen molar-refractivity contribution in [2.75, 3.05) is 0 Å². The number of nitrogens with two attached hydrogens (primary N) is 1. The second-order valence-corrected chi connectivity index (χ2v) is 7.82. The van der Waals surface area contributed by atoms with Crippen LogP contribution in [0.25, 0.3) is 0 Å². The number of nitrogens with one attached hydrogen (secondary N) is 4. The van der Waals surface area contributed by atoms with E-state index in [4.69, 9.17) is 10.8 Å². The Morgan fingerprint density at radius 1 is 1.00 bits per heavy atom. The number of carbonyl (C=O) groups is 5. The van der Waals surface area contributed by atoms with E-state index in [0.29, 0.717) is 5.69 Å². The van der Waals surface area contributed by atoms with Crippen LogP contribution in [0.2, 0.25) is 0 Å². The number of aliphatic hydroxyl groups is 1. The van der Waals surface area contributed by atoms with Crippen molar-refractivity contribution in [3.63, 3.8) is 0 Å². The van der Waals surface area contributed by atoms with E-state index >= 15 is 0 Å². The molecular formula is C19H30N6O8. The summed E-state index contributed by atoms with van der Waals surface area (Å²) >= 11 is 0. The number of nitrogens with zero attached hydrogens (tertiary/aromatic N) is 1. The van der Waals surface area contributed by atoms with Crippen molar-refractivity contribution in [1.29, 1.82) is 0 Å². The number of hydrogen-bond donors (Lipinski definition) is 8. The normalized spacial score (nSPS) is 15.6. The zero-order chi connectivity index (χ0) is 25.3. The van der Waals surface area contributed by atoms with Crippen LogP contribution in [0.4, 0.5) is 0 Å². The van der Waals surface area contributed by atoms with Crippen molar-refractivity contribution in [1.82, 2.24) is 25.9 Å². The first kappa shape index (κ1) is 27.5. The van der Waals surface area contributed by atoms with Crippen LogP contribution in [0.1, 0.15) is 32.9 Å². The molecule has 0 aliphatic heterocycles. The maximum atomic E-state index is 12.7. The second kappa shape index (κ2) is 12.5. The molecule has 1 aromatic rings. The van der Waals surface area contributed by atoms with Crippen molar-refractivity contribution >= 4 is 29.7 Å². The van der Waals surface area contributed by atoms with Crippen LogP contribution < -0.4 is 21.7 Å². The van der Waals surface area contributed by atoms with Gasteiger partial charge in [0.15, 0.2) is 0 Å². The third kappa shape index (κ3) is 8.86. The third-order valence-corrected chi connectivity index (χ3v) is 4.68. The molecule has 33 heavy (non-hydrogen) atoms. The van der Waals surface area contributed by atoms with Gasteiger partial charge in [0.2, 0.25) is 17.7 Å². The minimum absolute atomic E-state index is 0.197. The van der Waals surface area contributed by atoms with Crippen LogP contribution in [-0.2, 0) is 30.4 Å². The maximum Gasteiger partial charge on any atom is 0.326 e. The fourth-order valence-electron chi connectivity index (χ4n) is 2.69. The number of H-pyrrole nitrogens is 1. The van der Waals surface area contributed by atoms with Crippen molar-refractivity contribution in [3.8, 4) is 0 Å². The lowest BCUT2D eigenvalue weighted by molar-refractivity contribution is -0.144. The zero-order valence-corrected chi connectivity index (χ0v) is 18.4. The highest BCUT2D eigenvalue weighted by Gasteiger charge is 2.33. The van der Waals surface area contributed by atoms with Gasteiger partial charge in [-0.25, -0.2) is 9.78 Å². The predicted octanol–water partition coefficient (Wildman–Crippen LogP) is -2.67. The summed E-state index contributed by atoms with van der Waals surface area (Å²) in [7, 11) is 0. The van der Waals surface area contributed by atoms with Crippen molar-refractivity contribution in [3.05, 3.63) is 18.2 Å². The Morgan fingerprint density at radius 2 is 1.61 bits per heavy atom. The van der Waals surface area contributed by atoms with Gasteiger partial charge in [0.1, 0.15) is 18.1 Å². The molecule has 0 radical (unpaired) electrons. The monoisotopic (exact) mass is 470 g/mol. The number of carbonyl (C=O) groups excluding carboxylic acids is 3. The fraction of sp³-hybridized carbons (Fsp3) is 0.579. The number of carboxylic acids is 2. The lowest BCUT2D eigenvalue weighted by Crippen LogP contribution is -2.60. The van der Waals surface area contributed by atoms with E-state index < -0.39 is 66.4 Å². The zero-order valence-electron chi connectivity index (χ0n) is 18.4. The van der Waals surface area contributed by atoms with Gasteiger partial charge in [-0.15, -0.1) is 0 Å². The molecule has 0 aromatic carbocycles. The van der Waals surface area contributed by atoms with Crippen molar-refractivity contribution in [2.45, 2.75) is 63.9 Å². The standard InChI is InChI=1S/C19H30N6O8/c1-8(2)14(20)17(30)25-15(9(3)26)18(31)23-11(5-13(27)28)16(29)24-12(19(32)33)4-10-6-21-7-22-10/h6-9,11-12,14-15,26H,4-5,20H2,1-3H3,(H,21,22)(H,23,31)(H,24,29)(H,25,30)(H,27,28)(H,32,33)/t9-,11+,12+,14+,15+/m1/s1. The molecule has 0 saturated heterocycles. The Kier molecular flexibility index (Phi) is 10.4. The summed E-state index contributed by atoms with van der Waals surface area (Å²) in [4.78, 5) is 66.7. The predicted molar refractivity (Wildman–Crippen MR) is 112 cm³/mol. The number of rotatable bonds is 13. The maximum absolute atomic E-state index is 12.7. The quantitative estimate of drug-likeness (QED) is 0.149. The fourth-order valence-corrected chi connectivity index (χ4v) is 2.69. The molecule has 0 aliphatic rings. The van der Waals surface area contributed by atoms with Gasteiger partial charge in [-0.2, -0.15) is 0 Å². The van der Waals surface area contributed by atoms with Gasteiger partial charge in [-0.05, 0) is 12.8 Å². The van der Waals surface area contributed by atoms with Gasteiger partial charge in [-0.3, -0.25) is 19.2 Å². The average molecular weight is 470 g/mol. The van der Waals surface area contributed by atoms with E-state index in [1.165, 1.54) is 19.4 Å². The van der Waals surface area contributed by atoms with E-state index in [-0.39, 0.29) is 12.3 Å². The van der Waals surface area contributed by atoms with E-state index in [2.05, 4.69) is 25.9 Å². The third-order valence-electron chi connectivity index (χ3n) is 4.68. The summed E-state index contributed by atoms with van der Waals surface area (Å²) in [5.74, 6) is -5.97.